The first-order valence-corrected chi connectivity index (χ1v) is 8.70. The van der Waals surface area contributed by atoms with E-state index in [1.54, 1.807) is 12.1 Å². The number of carbonyl (C=O) groups is 2. The van der Waals surface area contributed by atoms with Gasteiger partial charge in [0.05, 0.1) is 0 Å². The quantitative estimate of drug-likeness (QED) is 0.791. The largest absolute Gasteiger partial charge is 0.352 e. The molecule has 0 saturated heterocycles. The lowest BCUT2D eigenvalue weighted by Gasteiger charge is -2.40. The molecule has 2 unspecified atom stereocenters. The number of rotatable bonds is 4. The minimum absolute atomic E-state index is 0.0226. The highest BCUT2D eigenvalue weighted by molar-refractivity contribution is 5.94. The molecule has 1 saturated carbocycles. The first-order chi connectivity index (χ1) is 11.3. The van der Waals surface area contributed by atoms with E-state index in [0.29, 0.717) is 18.0 Å². The van der Waals surface area contributed by atoms with E-state index >= 15 is 0 Å². The molecule has 24 heavy (non-hydrogen) atoms. The van der Waals surface area contributed by atoms with E-state index in [9.17, 15) is 9.59 Å². The van der Waals surface area contributed by atoms with Gasteiger partial charge in [0.25, 0.3) is 5.91 Å². The molecule has 0 aromatic heterocycles. The highest BCUT2D eigenvalue weighted by Gasteiger charge is 2.34. The maximum Gasteiger partial charge on any atom is 0.312 e. The molecular weight excluding hydrogens is 302 g/mol. The second-order valence-electron chi connectivity index (χ2n) is 7.75. The van der Waals surface area contributed by atoms with Gasteiger partial charge < -0.3 is 16.4 Å². The summed E-state index contributed by atoms with van der Waals surface area (Å²) in [6, 6.07) is 6.95. The summed E-state index contributed by atoms with van der Waals surface area (Å²) in [6.45, 7) is 7.12. The fourth-order valence-electron chi connectivity index (χ4n) is 3.56. The minimum Gasteiger partial charge on any atom is -0.352 e. The van der Waals surface area contributed by atoms with Gasteiger partial charge in [0, 0.05) is 18.2 Å². The molecule has 1 fully saturated rings. The van der Waals surface area contributed by atoms with Crippen LogP contribution in [-0.4, -0.2) is 18.0 Å². The van der Waals surface area contributed by atoms with Crippen LogP contribution < -0.4 is 16.4 Å². The van der Waals surface area contributed by atoms with Crippen molar-refractivity contribution in [2.45, 2.75) is 59.0 Å². The number of hydrogen-bond donors (Lipinski definition) is 3. The molecule has 4 N–H and O–H groups in total. The van der Waals surface area contributed by atoms with Gasteiger partial charge in [-0.3, -0.25) is 4.79 Å². The number of hydrogen-bond acceptors (Lipinski definition) is 2. The summed E-state index contributed by atoms with van der Waals surface area (Å²) in [7, 11) is 0. The zero-order valence-corrected chi connectivity index (χ0v) is 14.9. The lowest BCUT2D eigenvalue weighted by atomic mass is 9.69. The van der Waals surface area contributed by atoms with Crippen molar-refractivity contribution < 1.29 is 9.59 Å². The molecule has 3 amide bonds. The van der Waals surface area contributed by atoms with Crippen molar-refractivity contribution in [2.24, 2.45) is 17.1 Å². The normalized spacial score (nSPS) is 21.1. The molecule has 5 nitrogen and oxygen atoms in total. The lowest BCUT2D eigenvalue weighted by Crippen LogP contribution is -2.46. The van der Waals surface area contributed by atoms with Crippen LogP contribution in [0.1, 0.15) is 62.4 Å². The van der Waals surface area contributed by atoms with Gasteiger partial charge in [0.2, 0.25) is 0 Å². The minimum atomic E-state index is -0.553. The van der Waals surface area contributed by atoms with Crippen molar-refractivity contribution in [1.82, 2.24) is 10.6 Å². The Morgan fingerprint density at radius 1 is 1.12 bits per heavy atom. The number of primary amides is 1. The third-order valence-corrected chi connectivity index (χ3v) is 4.88. The van der Waals surface area contributed by atoms with Crippen LogP contribution in [0.3, 0.4) is 0 Å². The van der Waals surface area contributed by atoms with Gasteiger partial charge in [-0.05, 0) is 41.9 Å². The molecule has 1 aliphatic carbocycles. The average molecular weight is 331 g/mol. The number of nitrogens with two attached hydrogens (primary N) is 1. The summed E-state index contributed by atoms with van der Waals surface area (Å²) in [5.74, 6) is 0.486. The Kier molecular flexibility index (Phi) is 5.86. The van der Waals surface area contributed by atoms with Gasteiger partial charge in [0.1, 0.15) is 0 Å². The standard InChI is InChI=1S/C19H29N3O2/c1-19(2,3)15-6-4-5-7-16(15)22-17(23)14-10-8-13(9-11-14)12-21-18(20)24/h8-11,15-16H,4-7,12H2,1-3H3,(H,22,23)(H3,20,21,24). The van der Waals surface area contributed by atoms with Crippen LogP contribution >= 0.6 is 0 Å². The Labute approximate surface area is 144 Å². The van der Waals surface area contributed by atoms with E-state index in [1.165, 1.54) is 19.3 Å². The second-order valence-corrected chi connectivity index (χ2v) is 7.75. The number of benzene rings is 1. The second kappa shape index (κ2) is 7.69. The van der Waals surface area contributed by atoms with E-state index in [2.05, 4.69) is 31.4 Å². The fourth-order valence-corrected chi connectivity index (χ4v) is 3.56. The third kappa shape index (κ3) is 4.98. The topological polar surface area (TPSA) is 84.2 Å². The van der Waals surface area contributed by atoms with Gasteiger partial charge >= 0.3 is 6.03 Å². The predicted octanol–water partition coefficient (Wildman–Crippen LogP) is 3.19. The molecule has 132 valence electrons. The molecule has 0 spiro atoms. The molecule has 1 aliphatic rings. The van der Waals surface area contributed by atoms with Crippen LogP contribution in [0.5, 0.6) is 0 Å². The summed E-state index contributed by atoms with van der Waals surface area (Å²) < 4.78 is 0. The lowest BCUT2D eigenvalue weighted by molar-refractivity contribution is 0.0830. The van der Waals surface area contributed by atoms with E-state index in [4.69, 9.17) is 5.73 Å². The summed E-state index contributed by atoms with van der Waals surface area (Å²) in [4.78, 5) is 23.3. The highest BCUT2D eigenvalue weighted by atomic mass is 16.2. The zero-order valence-electron chi connectivity index (χ0n) is 14.9. The van der Waals surface area contributed by atoms with Crippen LogP contribution in [0.4, 0.5) is 4.79 Å². The number of amides is 3. The van der Waals surface area contributed by atoms with Crippen molar-refractivity contribution >= 4 is 11.9 Å². The number of nitrogens with one attached hydrogen (secondary N) is 2. The van der Waals surface area contributed by atoms with Crippen LogP contribution in [0.15, 0.2) is 24.3 Å². The smallest absolute Gasteiger partial charge is 0.312 e. The third-order valence-electron chi connectivity index (χ3n) is 4.88. The molecule has 0 heterocycles. The predicted molar refractivity (Wildman–Crippen MR) is 95.5 cm³/mol. The van der Waals surface area contributed by atoms with Crippen molar-refractivity contribution in [3.8, 4) is 0 Å². The zero-order chi connectivity index (χ0) is 17.7. The first kappa shape index (κ1) is 18.3. The van der Waals surface area contributed by atoms with Gasteiger partial charge in [-0.2, -0.15) is 0 Å². The molecule has 0 radical (unpaired) electrons. The van der Waals surface area contributed by atoms with E-state index in [0.717, 1.165) is 12.0 Å². The molecular formula is C19H29N3O2. The molecule has 0 bridgehead atoms. The first-order valence-electron chi connectivity index (χ1n) is 8.70. The van der Waals surface area contributed by atoms with E-state index in [-0.39, 0.29) is 17.4 Å². The monoisotopic (exact) mass is 331 g/mol. The van der Waals surface area contributed by atoms with Crippen molar-refractivity contribution in [3.63, 3.8) is 0 Å². The van der Waals surface area contributed by atoms with Gasteiger partial charge in [-0.15, -0.1) is 0 Å². The van der Waals surface area contributed by atoms with Crippen LogP contribution in [0.2, 0.25) is 0 Å². The summed E-state index contributed by atoms with van der Waals surface area (Å²) >= 11 is 0. The molecule has 1 aromatic rings. The Hall–Kier alpha value is -2.04. The van der Waals surface area contributed by atoms with E-state index < -0.39 is 6.03 Å². The summed E-state index contributed by atoms with van der Waals surface area (Å²) in [5.41, 5.74) is 6.82. The molecule has 5 heteroatoms. The van der Waals surface area contributed by atoms with Crippen molar-refractivity contribution in [1.29, 1.82) is 0 Å². The molecule has 0 aliphatic heterocycles. The Balaban J connectivity index is 1.99. The summed E-state index contributed by atoms with van der Waals surface area (Å²) in [6.07, 6.45) is 4.64. The van der Waals surface area contributed by atoms with Gasteiger partial charge in [0.15, 0.2) is 0 Å². The number of carbonyl (C=O) groups excluding carboxylic acids is 2. The fraction of sp³-hybridized carbons (Fsp3) is 0.579. The SMILES string of the molecule is CC(C)(C)C1CCCCC1NC(=O)c1ccc(CNC(N)=O)cc1. The van der Waals surface area contributed by atoms with Crippen LogP contribution in [-0.2, 0) is 6.54 Å². The van der Waals surface area contributed by atoms with Crippen molar-refractivity contribution in [2.75, 3.05) is 0 Å². The van der Waals surface area contributed by atoms with Gasteiger partial charge in [-0.1, -0.05) is 45.7 Å². The van der Waals surface area contributed by atoms with Gasteiger partial charge in [-0.25, -0.2) is 4.79 Å². The average Bonchev–Trinajstić information content (AvgIpc) is 2.53. The molecule has 1 aromatic carbocycles. The molecule has 2 rings (SSSR count). The Bertz CT molecular complexity index is 575. The van der Waals surface area contributed by atoms with Crippen LogP contribution in [0, 0.1) is 11.3 Å². The maximum absolute atomic E-state index is 12.6. The maximum atomic E-state index is 12.6. The van der Waals surface area contributed by atoms with Crippen molar-refractivity contribution in [3.05, 3.63) is 35.4 Å². The molecule has 2 atom stereocenters. The summed E-state index contributed by atoms with van der Waals surface area (Å²) in [5, 5.41) is 5.77. The highest BCUT2D eigenvalue weighted by Crippen LogP contribution is 2.38. The van der Waals surface area contributed by atoms with E-state index in [1.807, 2.05) is 12.1 Å². The van der Waals surface area contributed by atoms with Crippen LogP contribution in [0.25, 0.3) is 0 Å². The Morgan fingerprint density at radius 3 is 2.33 bits per heavy atom. The number of urea groups is 1. The Morgan fingerprint density at radius 2 is 1.75 bits per heavy atom.